The molecule has 1 saturated heterocycles. The summed E-state index contributed by atoms with van der Waals surface area (Å²) in [7, 11) is 3.06. The molecule has 3 aromatic heterocycles. The Balaban J connectivity index is 1.29. The Labute approximate surface area is 230 Å². The quantitative estimate of drug-likeness (QED) is 0.223. The Bertz CT molecular complexity index is 1760. The van der Waals surface area contributed by atoms with E-state index < -0.39 is 6.10 Å². The van der Waals surface area contributed by atoms with E-state index in [1.54, 1.807) is 36.8 Å². The molecule has 5 aromatic rings. The average molecular weight is 545 g/mol. The lowest BCUT2D eigenvalue weighted by molar-refractivity contribution is -0.127. The van der Waals surface area contributed by atoms with Crippen molar-refractivity contribution in [2.45, 2.75) is 19.4 Å². The summed E-state index contributed by atoms with van der Waals surface area (Å²) in [5.41, 5.74) is 1.92. The highest BCUT2D eigenvalue weighted by atomic mass is 16.5. The van der Waals surface area contributed by atoms with E-state index in [0.717, 1.165) is 61.1 Å². The molecule has 1 fully saturated rings. The summed E-state index contributed by atoms with van der Waals surface area (Å²) in [4.78, 5) is 33.6. The molecule has 0 spiro atoms. The van der Waals surface area contributed by atoms with Crippen LogP contribution in [0.2, 0.25) is 0 Å². The summed E-state index contributed by atoms with van der Waals surface area (Å²) in [5, 5.41) is 5.78. The maximum absolute atomic E-state index is 13.9. The van der Waals surface area contributed by atoms with Crippen molar-refractivity contribution >= 4 is 44.0 Å². The number of morpholine rings is 1. The van der Waals surface area contributed by atoms with E-state index in [4.69, 9.17) is 18.9 Å². The second kappa shape index (κ2) is 10.8. The van der Waals surface area contributed by atoms with Gasteiger partial charge in [0, 0.05) is 42.0 Å². The fourth-order valence-electron chi connectivity index (χ4n) is 5.61. The summed E-state index contributed by atoms with van der Waals surface area (Å²) >= 11 is 0. The third kappa shape index (κ3) is 4.43. The molecule has 208 valence electrons. The minimum atomic E-state index is -0.676. The van der Waals surface area contributed by atoms with Crippen LogP contribution in [0.25, 0.3) is 38.1 Å². The number of amides is 1. The molecule has 1 aliphatic heterocycles. The van der Waals surface area contributed by atoms with Gasteiger partial charge in [-0.05, 0) is 56.3 Å². The third-order valence-corrected chi connectivity index (χ3v) is 7.60. The van der Waals surface area contributed by atoms with Crippen LogP contribution < -0.4 is 25.1 Å². The molecule has 1 amide bonds. The number of ether oxygens (including phenoxy) is 4. The highest BCUT2D eigenvalue weighted by Gasteiger charge is 2.23. The third-order valence-electron chi connectivity index (χ3n) is 7.60. The minimum absolute atomic E-state index is 0.166. The number of nitrogens with zero attached hydrogens (tertiary/aromatic N) is 3. The zero-order valence-corrected chi connectivity index (χ0v) is 22.9. The van der Waals surface area contributed by atoms with Crippen LogP contribution in [-0.4, -0.2) is 79.9 Å². The Hall–Kier alpha value is -4.15. The molecule has 10 nitrogen and oxygen atoms in total. The summed E-state index contributed by atoms with van der Waals surface area (Å²) in [6.45, 7) is 6.65. The molecule has 40 heavy (non-hydrogen) atoms. The lowest BCUT2D eigenvalue weighted by Crippen LogP contribution is -2.40. The van der Waals surface area contributed by atoms with Gasteiger partial charge in [-0.25, -0.2) is 0 Å². The average Bonchev–Trinajstić information content (AvgIpc) is 3.32. The molecule has 1 atom stereocenters. The van der Waals surface area contributed by atoms with Crippen molar-refractivity contribution in [2.24, 2.45) is 0 Å². The van der Waals surface area contributed by atoms with Crippen LogP contribution >= 0.6 is 0 Å². The van der Waals surface area contributed by atoms with E-state index in [-0.39, 0.29) is 11.5 Å². The van der Waals surface area contributed by atoms with Crippen LogP contribution in [0.4, 0.5) is 0 Å². The van der Waals surface area contributed by atoms with Crippen LogP contribution in [0.1, 0.15) is 13.3 Å². The number of benzene rings is 2. The normalized spacial score (nSPS) is 15.2. The van der Waals surface area contributed by atoms with Gasteiger partial charge in [0.1, 0.15) is 5.75 Å². The molecule has 0 aliphatic carbocycles. The molecule has 0 unspecified atom stereocenters. The molecular formula is C30H32N4O6. The van der Waals surface area contributed by atoms with Crippen LogP contribution in [-0.2, 0) is 9.53 Å². The first-order valence-corrected chi connectivity index (χ1v) is 13.5. The summed E-state index contributed by atoms with van der Waals surface area (Å²) in [5.74, 6) is 1.23. The molecule has 0 saturated carbocycles. The van der Waals surface area contributed by atoms with Crippen molar-refractivity contribution in [3.05, 3.63) is 52.9 Å². The zero-order valence-electron chi connectivity index (χ0n) is 22.9. The lowest BCUT2D eigenvalue weighted by Gasteiger charge is -2.26. The Morgan fingerprint density at radius 2 is 1.90 bits per heavy atom. The van der Waals surface area contributed by atoms with Crippen molar-refractivity contribution in [2.75, 3.05) is 53.6 Å². The number of fused-ring (bicyclic) bond motifs is 5. The largest absolute Gasteiger partial charge is 0.493 e. The number of aromatic nitrogens is 2. The SMILES string of the molecule is COc1ccc2c(c1OC)c(=O)n1c3ccc(O[C@@H](C)C(=O)NCCCN4CCOCC4)cc3c3ccnc2c31. The Morgan fingerprint density at radius 1 is 1.07 bits per heavy atom. The first-order valence-electron chi connectivity index (χ1n) is 13.5. The molecule has 0 radical (unpaired) electrons. The predicted molar refractivity (Wildman–Crippen MR) is 153 cm³/mol. The highest BCUT2D eigenvalue weighted by Crippen LogP contribution is 2.39. The second-order valence-electron chi connectivity index (χ2n) is 9.96. The van der Waals surface area contributed by atoms with Crippen molar-refractivity contribution in [1.82, 2.24) is 19.6 Å². The molecule has 1 aliphatic rings. The van der Waals surface area contributed by atoms with E-state index in [1.807, 2.05) is 24.3 Å². The monoisotopic (exact) mass is 544 g/mol. The summed E-state index contributed by atoms with van der Waals surface area (Å²) in [6, 6.07) is 11.0. The number of hydrogen-bond acceptors (Lipinski definition) is 8. The fourth-order valence-corrected chi connectivity index (χ4v) is 5.61. The number of carbonyl (C=O) groups is 1. The molecule has 10 heteroatoms. The first kappa shape index (κ1) is 26.1. The van der Waals surface area contributed by atoms with Gasteiger partial charge in [-0.3, -0.25) is 23.9 Å². The van der Waals surface area contributed by atoms with Gasteiger partial charge >= 0.3 is 0 Å². The van der Waals surface area contributed by atoms with Gasteiger partial charge in [0.25, 0.3) is 11.5 Å². The smallest absolute Gasteiger partial charge is 0.267 e. The van der Waals surface area contributed by atoms with Crippen LogP contribution in [0.3, 0.4) is 0 Å². The summed E-state index contributed by atoms with van der Waals surface area (Å²) < 4.78 is 24.1. The van der Waals surface area contributed by atoms with Gasteiger partial charge in [0.05, 0.1) is 49.4 Å². The van der Waals surface area contributed by atoms with Gasteiger partial charge in [-0.2, -0.15) is 0 Å². The van der Waals surface area contributed by atoms with E-state index in [9.17, 15) is 9.59 Å². The van der Waals surface area contributed by atoms with Crippen molar-refractivity contribution in [3.8, 4) is 17.2 Å². The molecular weight excluding hydrogens is 512 g/mol. The predicted octanol–water partition coefficient (Wildman–Crippen LogP) is 3.21. The van der Waals surface area contributed by atoms with Crippen LogP contribution in [0, 0.1) is 0 Å². The number of carbonyl (C=O) groups excluding carboxylic acids is 1. The van der Waals surface area contributed by atoms with Crippen molar-refractivity contribution < 1.29 is 23.7 Å². The maximum Gasteiger partial charge on any atom is 0.267 e. The zero-order chi connectivity index (χ0) is 27.8. The number of rotatable bonds is 9. The Morgan fingerprint density at radius 3 is 2.67 bits per heavy atom. The van der Waals surface area contributed by atoms with Gasteiger partial charge < -0.3 is 24.3 Å². The minimum Gasteiger partial charge on any atom is -0.493 e. The summed E-state index contributed by atoms with van der Waals surface area (Å²) in [6.07, 6.45) is 1.93. The number of methoxy groups -OCH3 is 2. The lowest BCUT2D eigenvalue weighted by atomic mass is 10.1. The van der Waals surface area contributed by atoms with Gasteiger partial charge in [-0.15, -0.1) is 0 Å². The van der Waals surface area contributed by atoms with E-state index in [2.05, 4.69) is 15.2 Å². The molecule has 2 aromatic carbocycles. The van der Waals surface area contributed by atoms with Gasteiger partial charge in [0.15, 0.2) is 17.6 Å². The highest BCUT2D eigenvalue weighted by molar-refractivity contribution is 6.19. The number of pyridine rings is 2. The van der Waals surface area contributed by atoms with E-state index >= 15 is 0 Å². The van der Waals surface area contributed by atoms with Crippen LogP contribution in [0.15, 0.2) is 47.4 Å². The molecule has 0 bridgehead atoms. The standard InChI is InChI=1S/C30H32N4O6/c1-18(29(35)32-10-4-12-33-13-15-39-16-14-33)40-19-5-7-23-22(17-19)20-9-11-31-26-21-6-8-24(37-2)28(38-3)25(21)30(36)34(23)27(20)26/h5-9,11,17-18H,4,10,12-16H2,1-3H3,(H,32,35)/t18-/m0/s1. The Kier molecular flexibility index (Phi) is 7.03. The van der Waals surface area contributed by atoms with Gasteiger partial charge in [-0.1, -0.05) is 0 Å². The van der Waals surface area contributed by atoms with Crippen LogP contribution in [0.5, 0.6) is 17.2 Å². The number of nitrogens with one attached hydrogen (secondary N) is 1. The van der Waals surface area contributed by atoms with Gasteiger partial charge in [0.2, 0.25) is 0 Å². The first-order chi connectivity index (χ1) is 19.5. The van der Waals surface area contributed by atoms with E-state index in [0.29, 0.717) is 40.1 Å². The molecule has 4 heterocycles. The van der Waals surface area contributed by atoms with Crippen molar-refractivity contribution in [3.63, 3.8) is 0 Å². The fraction of sp³-hybridized carbons (Fsp3) is 0.367. The molecule has 6 rings (SSSR count). The van der Waals surface area contributed by atoms with E-state index in [1.165, 1.54) is 7.11 Å². The maximum atomic E-state index is 13.9. The topological polar surface area (TPSA) is 104 Å². The number of hydrogen-bond donors (Lipinski definition) is 1. The van der Waals surface area contributed by atoms with Crippen molar-refractivity contribution in [1.29, 1.82) is 0 Å². The molecule has 1 N–H and O–H groups in total. The second-order valence-corrected chi connectivity index (χ2v) is 9.96.